The molecule has 2 aromatic rings. The molecule has 0 radical (unpaired) electrons. The van der Waals surface area contributed by atoms with Crippen molar-refractivity contribution in [2.45, 2.75) is 13.5 Å². The Morgan fingerprint density at radius 2 is 1.88 bits per heavy atom. The molecule has 2 rings (SSSR count). The van der Waals surface area contributed by atoms with E-state index in [0.717, 1.165) is 11.3 Å². The van der Waals surface area contributed by atoms with Gasteiger partial charge in [0.05, 0.1) is 6.54 Å². The number of benzene rings is 1. The summed E-state index contributed by atoms with van der Waals surface area (Å²) in [5, 5.41) is 0.692. The van der Waals surface area contributed by atoms with Gasteiger partial charge in [-0.25, -0.2) is 0 Å². The van der Waals surface area contributed by atoms with Crippen molar-refractivity contribution in [1.82, 2.24) is 4.57 Å². The summed E-state index contributed by atoms with van der Waals surface area (Å²) in [6.07, 6.45) is 0. The van der Waals surface area contributed by atoms with Crippen LogP contribution in [0.15, 0.2) is 47.3 Å². The van der Waals surface area contributed by atoms with Crippen molar-refractivity contribution in [3.05, 3.63) is 69.1 Å². The Kier molecular flexibility index (Phi) is 3.11. The summed E-state index contributed by atoms with van der Waals surface area (Å²) in [5.41, 5.74) is 1.90. The lowest BCUT2D eigenvalue weighted by Crippen LogP contribution is -2.21. The van der Waals surface area contributed by atoms with Gasteiger partial charge in [0, 0.05) is 16.8 Å². The number of aryl methyl sites for hydroxylation is 1. The molecule has 1 aromatic carbocycles. The summed E-state index contributed by atoms with van der Waals surface area (Å²) in [6.45, 7) is 2.43. The fraction of sp³-hybridized carbons (Fsp3) is 0.154. The normalized spacial score (nSPS) is 10.4. The number of hydrogen-bond acceptors (Lipinski definition) is 1. The predicted molar refractivity (Wildman–Crippen MR) is 66.0 cm³/mol. The Bertz CT molecular complexity index is 560. The third kappa shape index (κ3) is 2.17. The molecule has 1 aromatic heterocycles. The molecule has 0 saturated heterocycles. The fourth-order valence-corrected chi connectivity index (χ4v) is 1.82. The average Bonchev–Trinajstić information content (AvgIpc) is 2.26. The summed E-state index contributed by atoms with van der Waals surface area (Å²) < 4.78 is 1.71. The second kappa shape index (κ2) is 4.54. The quantitative estimate of drug-likeness (QED) is 0.782. The first-order valence-electron chi connectivity index (χ1n) is 5.08. The lowest BCUT2D eigenvalue weighted by molar-refractivity contribution is 0.730. The predicted octanol–water partition coefficient (Wildman–Crippen LogP) is 2.86. The van der Waals surface area contributed by atoms with E-state index in [1.54, 1.807) is 16.7 Å². The van der Waals surface area contributed by atoms with Crippen molar-refractivity contribution < 1.29 is 0 Å². The van der Waals surface area contributed by atoms with Gasteiger partial charge in [0.1, 0.15) is 0 Å². The molecular weight excluding hydrogens is 222 g/mol. The Morgan fingerprint density at radius 3 is 2.56 bits per heavy atom. The summed E-state index contributed by atoms with van der Waals surface area (Å²) in [6, 6.07) is 12.8. The Hall–Kier alpha value is -1.54. The van der Waals surface area contributed by atoms with Crippen LogP contribution in [0.5, 0.6) is 0 Å². The van der Waals surface area contributed by atoms with Gasteiger partial charge < -0.3 is 4.57 Å². The monoisotopic (exact) mass is 233 g/mol. The van der Waals surface area contributed by atoms with E-state index in [0.29, 0.717) is 11.6 Å². The molecule has 1 heterocycles. The SMILES string of the molecule is Cc1cccc(=O)n1Cc1ccccc1Cl. The maximum absolute atomic E-state index is 11.7. The van der Waals surface area contributed by atoms with Gasteiger partial charge in [-0.15, -0.1) is 0 Å². The van der Waals surface area contributed by atoms with E-state index in [9.17, 15) is 4.79 Å². The Labute approximate surface area is 99.1 Å². The highest BCUT2D eigenvalue weighted by molar-refractivity contribution is 6.31. The molecule has 0 aliphatic heterocycles. The van der Waals surface area contributed by atoms with Gasteiger partial charge in [0.15, 0.2) is 0 Å². The zero-order chi connectivity index (χ0) is 11.5. The first-order valence-corrected chi connectivity index (χ1v) is 5.46. The molecule has 0 aliphatic rings. The minimum Gasteiger partial charge on any atom is -0.308 e. The number of aromatic nitrogens is 1. The van der Waals surface area contributed by atoms with Gasteiger partial charge in [-0.3, -0.25) is 4.79 Å². The maximum Gasteiger partial charge on any atom is 0.251 e. The van der Waals surface area contributed by atoms with Crippen molar-refractivity contribution >= 4 is 11.6 Å². The topological polar surface area (TPSA) is 22.0 Å². The Balaban J connectivity index is 2.42. The second-order valence-electron chi connectivity index (χ2n) is 3.68. The van der Waals surface area contributed by atoms with Gasteiger partial charge in [-0.05, 0) is 24.6 Å². The van der Waals surface area contributed by atoms with E-state index in [1.807, 2.05) is 37.3 Å². The van der Waals surface area contributed by atoms with Crippen molar-refractivity contribution in [3.8, 4) is 0 Å². The van der Waals surface area contributed by atoms with Crippen LogP contribution in [0.1, 0.15) is 11.3 Å². The lowest BCUT2D eigenvalue weighted by atomic mass is 10.2. The molecule has 0 amide bonds. The third-order valence-corrected chi connectivity index (χ3v) is 2.92. The molecule has 2 nitrogen and oxygen atoms in total. The van der Waals surface area contributed by atoms with Crippen molar-refractivity contribution in [2.24, 2.45) is 0 Å². The molecule has 16 heavy (non-hydrogen) atoms. The maximum atomic E-state index is 11.7. The lowest BCUT2D eigenvalue weighted by Gasteiger charge is -2.10. The highest BCUT2D eigenvalue weighted by Crippen LogP contribution is 2.15. The van der Waals surface area contributed by atoms with Crippen LogP contribution in [0, 0.1) is 6.92 Å². The molecule has 0 N–H and O–H groups in total. The molecule has 0 aliphatic carbocycles. The first kappa shape index (κ1) is 11.0. The number of pyridine rings is 1. The number of rotatable bonds is 2. The van der Waals surface area contributed by atoms with Crippen LogP contribution in [-0.4, -0.2) is 4.57 Å². The zero-order valence-corrected chi connectivity index (χ0v) is 9.74. The van der Waals surface area contributed by atoms with Crippen LogP contribution in [0.4, 0.5) is 0 Å². The molecule has 0 bridgehead atoms. The molecule has 0 fully saturated rings. The van der Waals surface area contributed by atoms with Crippen LogP contribution in [0.25, 0.3) is 0 Å². The summed E-state index contributed by atoms with van der Waals surface area (Å²) >= 11 is 6.06. The number of hydrogen-bond donors (Lipinski definition) is 0. The number of halogens is 1. The van der Waals surface area contributed by atoms with E-state index in [4.69, 9.17) is 11.6 Å². The average molecular weight is 234 g/mol. The second-order valence-corrected chi connectivity index (χ2v) is 4.09. The molecule has 0 saturated carbocycles. The van der Waals surface area contributed by atoms with E-state index >= 15 is 0 Å². The zero-order valence-electron chi connectivity index (χ0n) is 8.98. The van der Waals surface area contributed by atoms with E-state index in [-0.39, 0.29) is 5.56 Å². The summed E-state index contributed by atoms with van der Waals surface area (Å²) in [5.74, 6) is 0. The number of nitrogens with zero attached hydrogens (tertiary/aromatic N) is 1. The summed E-state index contributed by atoms with van der Waals surface area (Å²) in [7, 11) is 0. The summed E-state index contributed by atoms with van der Waals surface area (Å²) in [4.78, 5) is 11.7. The smallest absolute Gasteiger partial charge is 0.251 e. The fourth-order valence-electron chi connectivity index (χ4n) is 1.62. The highest BCUT2D eigenvalue weighted by atomic mass is 35.5. The molecule has 3 heteroatoms. The third-order valence-electron chi connectivity index (χ3n) is 2.55. The molecule has 0 spiro atoms. The van der Waals surface area contributed by atoms with Gasteiger partial charge in [-0.1, -0.05) is 35.9 Å². The standard InChI is InChI=1S/C13H12ClNO/c1-10-5-4-8-13(16)15(10)9-11-6-2-3-7-12(11)14/h2-8H,9H2,1H3. The molecular formula is C13H12ClNO. The molecule has 0 atom stereocenters. The van der Waals surface area contributed by atoms with Crippen LogP contribution in [-0.2, 0) is 6.54 Å². The van der Waals surface area contributed by atoms with Crippen molar-refractivity contribution in [3.63, 3.8) is 0 Å². The molecule has 0 unspecified atom stereocenters. The van der Waals surface area contributed by atoms with E-state index in [1.165, 1.54) is 0 Å². The van der Waals surface area contributed by atoms with Gasteiger partial charge in [0.25, 0.3) is 5.56 Å². The van der Waals surface area contributed by atoms with Crippen LogP contribution >= 0.6 is 11.6 Å². The first-order chi connectivity index (χ1) is 7.68. The van der Waals surface area contributed by atoms with Gasteiger partial charge in [0.2, 0.25) is 0 Å². The molecule has 82 valence electrons. The Morgan fingerprint density at radius 1 is 1.12 bits per heavy atom. The van der Waals surface area contributed by atoms with E-state index < -0.39 is 0 Å². The minimum atomic E-state index is -0.0000743. The van der Waals surface area contributed by atoms with Gasteiger partial charge in [-0.2, -0.15) is 0 Å². The van der Waals surface area contributed by atoms with Gasteiger partial charge >= 0.3 is 0 Å². The van der Waals surface area contributed by atoms with E-state index in [2.05, 4.69) is 0 Å². The largest absolute Gasteiger partial charge is 0.308 e. The minimum absolute atomic E-state index is 0.0000743. The van der Waals surface area contributed by atoms with Crippen molar-refractivity contribution in [1.29, 1.82) is 0 Å². The van der Waals surface area contributed by atoms with Crippen molar-refractivity contribution in [2.75, 3.05) is 0 Å². The highest BCUT2D eigenvalue weighted by Gasteiger charge is 2.03. The van der Waals surface area contributed by atoms with Crippen LogP contribution in [0.3, 0.4) is 0 Å². The van der Waals surface area contributed by atoms with Crippen LogP contribution in [0.2, 0.25) is 5.02 Å². The van der Waals surface area contributed by atoms with Crippen LogP contribution < -0.4 is 5.56 Å².